The van der Waals surface area contributed by atoms with Crippen LogP contribution in [0.1, 0.15) is 63.5 Å². The van der Waals surface area contributed by atoms with Crippen molar-refractivity contribution in [2.45, 2.75) is 52.4 Å². The Hall–Kier alpha value is -2.09. The van der Waals surface area contributed by atoms with Crippen molar-refractivity contribution >= 4 is 11.9 Å². The van der Waals surface area contributed by atoms with Crippen LogP contribution in [0.2, 0.25) is 0 Å². The van der Waals surface area contributed by atoms with Crippen molar-refractivity contribution in [1.29, 1.82) is 0 Å². The average molecular weight is 323 g/mol. The van der Waals surface area contributed by atoms with Gasteiger partial charge in [-0.2, -0.15) is 0 Å². The largest absolute Gasteiger partial charge is 0.494 e. The molecule has 1 unspecified atom stereocenters. The van der Waals surface area contributed by atoms with Gasteiger partial charge in [-0.25, -0.2) is 0 Å². The summed E-state index contributed by atoms with van der Waals surface area (Å²) in [4.78, 5) is 4.56. The monoisotopic (exact) mass is 323 g/mol. The molecule has 0 fully saturated rings. The van der Waals surface area contributed by atoms with Gasteiger partial charge in [0.25, 0.3) is 0 Å². The molecule has 2 aromatic carbocycles. The van der Waals surface area contributed by atoms with Gasteiger partial charge in [-0.1, -0.05) is 45.7 Å². The quantitative estimate of drug-likeness (QED) is 0.380. The third-order valence-electron chi connectivity index (χ3n) is 4.19. The van der Waals surface area contributed by atoms with Crippen molar-refractivity contribution in [3.8, 4) is 5.75 Å². The highest BCUT2D eigenvalue weighted by Crippen LogP contribution is 2.23. The van der Waals surface area contributed by atoms with E-state index in [1.165, 1.54) is 18.4 Å². The van der Waals surface area contributed by atoms with Gasteiger partial charge in [0.15, 0.2) is 0 Å². The third-order valence-corrected chi connectivity index (χ3v) is 4.19. The van der Waals surface area contributed by atoms with Crippen LogP contribution in [0.3, 0.4) is 0 Å². The van der Waals surface area contributed by atoms with E-state index in [0.29, 0.717) is 5.92 Å². The first kappa shape index (κ1) is 18.3. The summed E-state index contributed by atoms with van der Waals surface area (Å²) < 4.78 is 5.68. The topological polar surface area (TPSA) is 21.6 Å². The molecule has 0 aromatic heterocycles. The average Bonchev–Trinajstić information content (AvgIpc) is 2.62. The Labute approximate surface area is 146 Å². The van der Waals surface area contributed by atoms with Crippen LogP contribution in [0.4, 0.5) is 5.69 Å². The molecule has 24 heavy (non-hydrogen) atoms. The number of ether oxygens (including phenoxy) is 1. The third kappa shape index (κ3) is 5.84. The fraction of sp³-hybridized carbons (Fsp3) is 0.409. The van der Waals surface area contributed by atoms with E-state index in [9.17, 15) is 0 Å². The van der Waals surface area contributed by atoms with Gasteiger partial charge < -0.3 is 4.74 Å². The normalized spacial score (nSPS) is 12.5. The molecule has 0 N–H and O–H groups in total. The Morgan fingerprint density at radius 2 is 1.67 bits per heavy atom. The number of nitrogens with zero attached hydrogens (tertiary/aromatic N) is 1. The maximum Gasteiger partial charge on any atom is 0.119 e. The maximum atomic E-state index is 5.68. The van der Waals surface area contributed by atoms with E-state index in [-0.39, 0.29) is 0 Å². The lowest BCUT2D eigenvalue weighted by molar-refractivity contribution is 0.309. The molecule has 0 saturated heterocycles. The first-order valence-electron chi connectivity index (χ1n) is 9.09. The van der Waals surface area contributed by atoms with Gasteiger partial charge in [-0.15, -0.1) is 0 Å². The Balaban J connectivity index is 1.92. The van der Waals surface area contributed by atoms with Crippen LogP contribution < -0.4 is 4.74 Å². The molecule has 0 heterocycles. The minimum Gasteiger partial charge on any atom is -0.494 e. The van der Waals surface area contributed by atoms with E-state index in [2.05, 4.69) is 50.0 Å². The summed E-state index contributed by atoms with van der Waals surface area (Å²) in [5.41, 5.74) is 3.47. The van der Waals surface area contributed by atoms with Crippen molar-refractivity contribution in [3.05, 3.63) is 59.7 Å². The van der Waals surface area contributed by atoms with Crippen LogP contribution in [0, 0.1) is 0 Å². The molecule has 0 spiro atoms. The molecule has 0 bridgehead atoms. The summed E-state index contributed by atoms with van der Waals surface area (Å²) in [6.45, 7) is 7.47. The van der Waals surface area contributed by atoms with Crippen LogP contribution in [-0.4, -0.2) is 12.8 Å². The highest BCUT2D eigenvalue weighted by atomic mass is 16.5. The number of aliphatic imine (C=N–C) groups is 1. The summed E-state index contributed by atoms with van der Waals surface area (Å²) in [7, 11) is 0. The van der Waals surface area contributed by atoms with E-state index in [0.717, 1.165) is 36.4 Å². The molecule has 0 saturated carbocycles. The number of rotatable bonds is 9. The SMILES string of the molecule is CCCCOc1ccc(C=Nc2ccc(C(C)CCC)cc2)cc1. The molecule has 0 radical (unpaired) electrons. The second-order valence-electron chi connectivity index (χ2n) is 6.31. The van der Waals surface area contributed by atoms with Crippen LogP contribution in [0.15, 0.2) is 53.5 Å². The van der Waals surface area contributed by atoms with E-state index < -0.39 is 0 Å². The van der Waals surface area contributed by atoms with Gasteiger partial charge in [0, 0.05) is 6.21 Å². The zero-order valence-corrected chi connectivity index (χ0v) is 15.2. The first-order valence-corrected chi connectivity index (χ1v) is 9.09. The minimum absolute atomic E-state index is 0.619. The lowest BCUT2D eigenvalue weighted by Crippen LogP contribution is -1.96. The van der Waals surface area contributed by atoms with E-state index >= 15 is 0 Å². The maximum absolute atomic E-state index is 5.68. The van der Waals surface area contributed by atoms with E-state index in [1.807, 2.05) is 30.5 Å². The fourth-order valence-corrected chi connectivity index (χ4v) is 2.62. The summed E-state index contributed by atoms with van der Waals surface area (Å²) >= 11 is 0. The van der Waals surface area contributed by atoms with Crippen molar-refractivity contribution in [1.82, 2.24) is 0 Å². The van der Waals surface area contributed by atoms with Crippen LogP contribution in [-0.2, 0) is 0 Å². The van der Waals surface area contributed by atoms with Gasteiger partial charge in [0.1, 0.15) is 5.75 Å². The Bertz CT molecular complexity index is 613. The fourth-order valence-electron chi connectivity index (χ4n) is 2.62. The van der Waals surface area contributed by atoms with Crippen molar-refractivity contribution in [2.24, 2.45) is 4.99 Å². The highest BCUT2D eigenvalue weighted by Gasteiger charge is 2.03. The lowest BCUT2D eigenvalue weighted by Gasteiger charge is -2.10. The summed E-state index contributed by atoms with van der Waals surface area (Å²) in [6.07, 6.45) is 6.60. The predicted molar refractivity (Wildman–Crippen MR) is 104 cm³/mol. The molecule has 1 atom stereocenters. The number of hydrogen-bond donors (Lipinski definition) is 0. The minimum atomic E-state index is 0.619. The van der Waals surface area contributed by atoms with Crippen LogP contribution >= 0.6 is 0 Å². The molecular formula is C22H29NO. The van der Waals surface area contributed by atoms with Gasteiger partial charge in [0.2, 0.25) is 0 Å². The second kappa shape index (κ2) is 9.92. The molecule has 128 valence electrons. The number of unbranched alkanes of at least 4 members (excludes halogenated alkanes) is 1. The molecule has 2 nitrogen and oxygen atoms in total. The smallest absolute Gasteiger partial charge is 0.119 e. The Morgan fingerprint density at radius 3 is 2.29 bits per heavy atom. The second-order valence-corrected chi connectivity index (χ2v) is 6.31. The van der Waals surface area contributed by atoms with E-state index in [1.54, 1.807) is 0 Å². The number of hydrogen-bond acceptors (Lipinski definition) is 2. The van der Waals surface area contributed by atoms with Gasteiger partial charge in [-0.05, 0) is 66.3 Å². The van der Waals surface area contributed by atoms with Gasteiger partial charge >= 0.3 is 0 Å². The molecule has 0 aliphatic heterocycles. The molecule has 2 rings (SSSR count). The van der Waals surface area contributed by atoms with Crippen molar-refractivity contribution < 1.29 is 4.74 Å². The molecule has 0 amide bonds. The molecule has 0 aliphatic carbocycles. The number of benzene rings is 2. The summed E-state index contributed by atoms with van der Waals surface area (Å²) in [5, 5.41) is 0. The Morgan fingerprint density at radius 1 is 0.958 bits per heavy atom. The first-order chi connectivity index (χ1) is 11.7. The van der Waals surface area contributed by atoms with Crippen molar-refractivity contribution in [3.63, 3.8) is 0 Å². The molecule has 0 aliphatic rings. The predicted octanol–water partition coefficient (Wildman–Crippen LogP) is 6.52. The van der Waals surface area contributed by atoms with Crippen LogP contribution in [0.25, 0.3) is 0 Å². The summed E-state index contributed by atoms with van der Waals surface area (Å²) in [6, 6.07) is 16.7. The Kier molecular flexibility index (Phi) is 7.54. The molecule has 2 aromatic rings. The van der Waals surface area contributed by atoms with E-state index in [4.69, 9.17) is 4.74 Å². The van der Waals surface area contributed by atoms with Gasteiger partial charge in [-0.3, -0.25) is 4.99 Å². The van der Waals surface area contributed by atoms with Crippen molar-refractivity contribution in [2.75, 3.05) is 6.61 Å². The standard InChI is InChI=1S/C22H29NO/c1-4-6-16-24-22-14-8-19(9-15-22)17-23-21-12-10-20(11-13-21)18(3)7-5-2/h8-15,17-18H,4-7,16H2,1-3H3. The highest BCUT2D eigenvalue weighted by molar-refractivity contribution is 5.82. The van der Waals surface area contributed by atoms with Crippen LogP contribution in [0.5, 0.6) is 5.75 Å². The molecular weight excluding hydrogens is 294 g/mol. The lowest BCUT2D eigenvalue weighted by atomic mass is 9.96. The zero-order valence-electron chi connectivity index (χ0n) is 15.2. The van der Waals surface area contributed by atoms with Gasteiger partial charge in [0.05, 0.1) is 12.3 Å². The molecule has 2 heteroatoms. The zero-order chi connectivity index (χ0) is 17.2. The summed E-state index contributed by atoms with van der Waals surface area (Å²) in [5.74, 6) is 1.54.